The smallest absolute Gasteiger partial charge is 0.255 e. The van der Waals surface area contributed by atoms with Gasteiger partial charge in [-0.1, -0.05) is 6.07 Å². The summed E-state index contributed by atoms with van der Waals surface area (Å²) < 4.78 is 15.8. The van der Waals surface area contributed by atoms with E-state index in [4.69, 9.17) is 0 Å². The zero-order chi connectivity index (χ0) is 19.5. The largest absolute Gasteiger partial charge is 0.322 e. The van der Waals surface area contributed by atoms with Gasteiger partial charge in [0.25, 0.3) is 5.56 Å². The molecule has 4 rings (SSSR count). The molecule has 1 saturated heterocycles. The van der Waals surface area contributed by atoms with E-state index in [1.165, 1.54) is 35.6 Å². The van der Waals surface area contributed by atoms with Crippen LogP contribution in [0.15, 0.2) is 47.4 Å². The van der Waals surface area contributed by atoms with Crippen molar-refractivity contribution in [2.45, 2.75) is 37.8 Å². The number of carbonyl (C=O) groups excluding carboxylic acids is 1. The van der Waals surface area contributed by atoms with Crippen LogP contribution in [0.5, 0.6) is 0 Å². The average Bonchev–Trinajstić information content (AvgIpc) is 3.41. The SMILES string of the molecule is O=C(CN1CCC[C@H]1CNC1CC1)Nc1ccc(-n2ccccc2=O)cc1F. The van der Waals surface area contributed by atoms with E-state index in [9.17, 15) is 14.0 Å². The van der Waals surface area contributed by atoms with Crippen molar-refractivity contribution in [3.05, 3.63) is 58.8 Å². The number of hydrogen-bond acceptors (Lipinski definition) is 4. The molecule has 6 nitrogen and oxygen atoms in total. The zero-order valence-electron chi connectivity index (χ0n) is 15.7. The van der Waals surface area contributed by atoms with Crippen LogP contribution in [0.3, 0.4) is 0 Å². The van der Waals surface area contributed by atoms with Crippen LogP contribution >= 0.6 is 0 Å². The second-order valence-corrected chi connectivity index (χ2v) is 7.57. The van der Waals surface area contributed by atoms with Crippen LogP contribution in [-0.2, 0) is 4.79 Å². The Kier molecular flexibility index (Phi) is 5.54. The highest BCUT2D eigenvalue weighted by Gasteiger charge is 2.28. The molecule has 1 aliphatic carbocycles. The number of nitrogens with zero attached hydrogens (tertiary/aromatic N) is 2. The van der Waals surface area contributed by atoms with E-state index in [-0.39, 0.29) is 23.7 Å². The fourth-order valence-corrected chi connectivity index (χ4v) is 3.69. The number of rotatable bonds is 7. The lowest BCUT2D eigenvalue weighted by Crippen LogP contribution is -2.42. The lowest BCUT2D eigenvalue weighted by atomic mass is 10.2. The number of pyridine rings is 1. The van der Waals surface area contributed by atoms with Crippen molar-refractivity contribution < 1.29 is 9.18 Å². The fourth-order valence-electron chi connectivity index (χ4n) is 3.69. The second kappa shape index (κ2) is 8.24. The molecule has 0 radical (unpaired) electrons. The summed E-state index contributed by atoms with van der Waals surface area (Å²) in [5, 5.41) is 6.19. The molecule has 7 heteroatoms. The summed E-state index contributed by atoms with van der Waals surface area (Å²) >= 11 is 0. The van der Waals surface area contributed by atoms with E-state index < -0.39 is 5.82 Å². The molecule has 2 heterocycles. The van der Waals surface area contributed by atoms with E-state index in [1.807, 2.05) is 0 Å². The predicted octanol–water partition coefficient (Wildman–Crippen LogP) is 2.13. The van der Waals surface area contributed by atoms with Crippen molar-refractivity contribution >= 4 is 11.6 Å². The van der Waals surface area contributed by atoms with E-state index >= 15 is 0 Å². The van der Waals surface area contributed by atoms with Gasteiger partial charge in [0.15, 0.2) is 0 Å². The monoisotopic (exact) mass is 384 g/mol. The van der Waals surface area contributed by atoms with Crippen molar-refractivity contribution in [3.63, 3.8) is 0 Å². The third-order valence-electron chi connectivity index (χ3n) is 5.39. The topological polar surface area (TPSA) is 66.4 Å². The summed E-state index contributed by atoms with van der Waals surface area (Å²) in [7, 11) is 0. The van der Waals surface area contributed by atoms with Crippen LogP contribution in [0.25, 0.3) is 5.69 Å². The van der Waals surface area contributed by atoms with E-state index in [1.54, 1.807) is 24.4 Å². The second-order valence-electron chi connectivity index (χ2n) is 7.57. The molecule has 2 aliphatic rings. The number of nitrogens with one attached hydrogen (secondary N) is 2. The number of likely N-dealkylation sites (tertiary alicyclic amines) is 1. The maximum atomic E-state index is 14.5. The van der Waals surface area contributed by atoms with Gasteiger partial charge in [-0.3, -0.25) is 19.1 Å². The van der Waals surface area contributed by atoms with Gasteiger partial charge in [-0.2, -0.15) is 0 Å². The van der Waals surface area contributed by atoms with Crippen LogP contribution in [0, 0.1) is 5.82 Å². The van der Waals surface area contributed by atoms with E-state index in [2.05, 4.69) is 15.5 Å². The van der Waals surface area contributed by atoms with Crippen molar-refractivity contribution in [2.24, 2.45) is 0 Å². The fraction of sp³-hybridized carbons (Fsp3) is 0.429. The molecule has 0 spiro atoms. The van der Waals surface area contributed by atoms with Gasteiger partial charge in [0.05, 0.1) is 17.9 Å². The van der Waals surface area contributed by atoms with Gasteiger partial charge in [-0.25, -0.2) is 4.39 Å². The average molecular weight is 384 g/mol. The highest BCUT2D eigenvalue weighted by atomic mass is 19.1. The summed E-state index contributed by atoms with van der Waals surface area (Å²) in [5.41, 5.74) is 0.315. The van der Waals surface area contributed by atoms with Crippen LogP contribution in [0.4, 0.5) is 10.1 Å². The summed E-state index contributed by atoms with van der Waals surface area (Å²) in [4.78, 5) is 26.5. The number of carbonyl (C=O) groups is 1. The Balaban J connectivity index is 1.37. The van der Waals surface area contributed by atoms with E-state index in [0.717, 1.165) is 25.9 Å². The summed E-state index contributed by atoms with van der Waals surface area (Å²) in [6.45, 7) is 2.06. The standard InChI is InChI=1S/C21H25FN4O2/c22-18-12-16(26-11-2-1-5-21(26)28)8-9-19(18)24-20(27)14-25-10-3-4-17(25)13-23-15-6-7-15/h1-2,5,8-9,11-12,15,17,23H,3-4,6-7,10,13-14H2,(H,24,27)/t17-/m0/s1. The number of benzene rings is 1. The van der Waals surface area contributed by atoms with Crippen LogP contribution in [0.2, 0.25) is 0 Å². The minimum absolute atomic E-state index is 0.129. The normalized spacial score (nSPS) is 19.7. The Bertz CT molecular complexity index is 909. The molecule has 28 heavy (non-hydrogen) atoms. The molecule has 2 aromatic rings. The van der Waals surface area contributed by atoms with Gasteiger partial charge in [0, 0.05) is 37.0 Å². The van der Waals surface area contributed by atoms with Gasteiger partial charge in [-0.15, -0.1) is 0 Å². The predicted molar refractivity (Wildman–Crippen MR) is 106 cm³/mol. The molecule has 1 atom stereocenters. The highest BCUT2D eigenvalue weighted by molar-refractivity contribution is 5.92. The summed E-state index contributed by atoms with van der Waals surface area (Å²) in [6, 6.07) is 10.2. The minimum Gasteiger partial charge on any atom is -0.322 e. The molecule has 1 aliphatic heterocycles. The van der Waals surface area contributed by atoms with Crippen molar-refractivity contribution in [1.29, 1.82) is 0 Å². The van der Waals surface area contributed by atoms with Crippen molar-refractivity contribution in [3.8, 4) is 5.69 Å². The van der Waals surface area contributed by atoms with Crippen molar-refractivity contribution in [1.82, 2.24) is 14.8 Å². The number of aromatic nitrogens is 1. The molecule has 148 valence electrons. The Labute approximate surface area is 163 Å². The molecule has 1 aromatic heterocycles. The van der Waals surface area contributed by atoms with Crippen LogP contribution in [0.1, 0.15) is 25.7 Å². The molecule has 0 unspecified atom stereocenters. The lowest BCUT2D eigenvalue weighted by Gasteiger charge is -2.24. The third kappa shape index (κ3) is 4.48. The number of anilines is 1. The highest BCUT2D eigenvalue weighted by Crippen LogP contribution is 2.22. The van der Waals surface area contributed by atoms with Gasteiger partial charge in [-0.05, 0) is 50.4 Å². The molecular formula is C21H25FN4O2. The van der Waals surface area contributed by atoms with Crippen LogP contribution in [-0.4, -0.2) is 47.1 Å². The molecule has 0 bridgehead atoms. The van der Waals surface area contributed by atoms with Gasteiger partial charge in [0.1, 0.15) is 5.82 Å². The first-order valence-corrected chi connectivity index (χ1v) is 9.85. The van der Waals surface area contributed by atoms with Gasteiger partial charge >= 0.3 is 0 Å². The Hall–Kier alpha value is -2.51. The van der Waals surface area contributed by atoms with E-state index in [0.29, 0.717) is 17.8 Å². The molecule has 1 aromatic carbocycles. The molecular weight excluding hydrogens is 359 g/mol. The maximum absolute atomic E-state index is 14.5. The summed E-state index contributed by atoms with van der Waals surface area (Å²) in [6.07, 6.45) is 6.24. The number of amides is 1. The quantitative estimate of drug-likeness (QED) is 0.768. The minimum atomic E-state index is -0.560. The molecule has 1 amide bonds. The molecule has 2 fully saturated rings. The number of hydrogen-bond donors (Lipinski definition) is 2. The van der Waals surface area contributed by atoms with Gasteiger partial charge in [0.2, 0.25) is 5.91 Å². The lowest BCUT2D eigenvalue weighted by molar-refractivity contribution is -0.117. The van der Waals surface area contributed by atoms with Gasteiger partial charge < -0.3 is 10.6 Å². The first-order valence-electron chi connectivity index (χ1n) is 9.85. The number of halogens is 1. The molecule has 1 saturated carbocycles. The third-order valence-corrected chi connectivity index (χ3v) is 5.39. The summed E-state index contributed by atoms with van der Waals surface area (Å²) in [5.74, 6) is -0.781. The first kappa shape index (κ1) is 18.8. The Morgan fingerprint density at radius 2 is 2.04 bits per heavy atom. The zero-order valence-corrected chi connectivity index (χ0v) is 15.7. The molecule has 2 N–H and O–H groups in total. The Morgan fingerprint density at radius 1 is 1.18 bits per heavy atom. The Morgan fingerprint density at radius 3 is 2.79 bits per heavy atom. The maximum Gasteiger partial charge on any atom is 0.255 e. The first-order chi connectivity index (χ1) is 13.6. The van der Waals surface area contributed by atoms with Crippen molar-refractivity contribution in [2.75, 3.05) is 25.0 Å². The van der Waals surface area contributed by atoms with Crippen LogP contribution < -0.4 is 16.2 Å².